The molecule has 0 heterocycles. The summed E-state index contributed by atoms with van der Waals surface area (Å²) in [6, 6.07) is 0. The van der Waals surface area contributed by atoms with Gasteiger partial charge in [0.1, 0.15) is 0 Å². The van der Waals surface area contributed by atoms with Gasteiger partial charge in [-0.25, -0.2) is 0 Å². The van der Waals surface area contributed by atoms with E-state index in [9.17, 15) is 4.79 Å². The molecule has 0 amide bonds. The molecule has 0 atom stereocenters. The van der Waals surface area contributed by atoms with Gasteiger partial charge in [0.15, 0.2) is 0 Å². The van der Waals surface area contributed by atoms with E-state index in [-0.39, 0.29) is 4.68 Å². The van der Waals surface area contributed by atoms with Crippen molar-refractivity contribution in [3.63, 3.8) is 0 Å². The summed E-state index contributed by atoms with van der Waals surface area (Å²) in [7, 11) is 0. The first-order valence-corrected chi connectivity index (χ1v) is 2.83. The van der Waals surface area contributed by atoms with Gasteiger partial charge in [-0.05, 0) is 0 Å². The van der Waals surface area contributed by atoms with Crippen LogP contribution < -0.4 is 0 Å². The van der Waals surface area contributed by atoms with Crippen molar-refractivity contribution < 1.29 is 4.79 Å². The summed E-state index contributed by atoms with van der Waals surface area (Å²) in [6.45, 7) is 1.98. The molecule has 6 heavy (non-hydrogen) atoms. The van der Waals surface area contributed by atoms with E-state index in [0.717, 1.165) is 6.42 Å². The van der Waals surface area contributed by atoms with E-state index >= 15 is 0 Å². The van der Waals surface area contributed by atoms with Crippen LogP contribution in [0, 0.1) is 0 Å². The minimum atomic E-state index is 0.164. The first-order valence-electron chi connectivity index (χ1n) is 1.97. The van der Waals surface area contributed by atoms with Crippen LogP contribution >= 0.6 is 0 Å². The van der Waals surface area contributed by atoms with E-state index in [1.807, 2.05) is 6.92 Å². The van der Waals surface area contributed by atoms with Gasteiger partial charge in [0.05, 0.1) is 0 Å². The quantitative estimate of drug-likeness (QED) is 0.523. The summed E-state index contributed by atoms with van der Waals surface area (Å²) in [4.78, 5) is 9.99. The van der Waals surface area contributed by atoms with Crippen molar-refractivity contribution in [1.82, 2.24) is 0 Å². The molecule has 35 valence electrons. The molecule has 0 aromatic heterocycles. The Kier molecular flexibility index (Phi) is 3.49. The molecule has 0 aliphatic carbocycles. The minimum absolute atomic E-state index is 0.164. The average molecular weight is 150 g/mol. The van der Waals surface area contributed by atoms with Crippen molar-refractivity contribution >= 4 is 20.7 Å². The molecule has 1 nitrogen and oxygen atoms in total. The fourth-order valence-corrected chi connectivity index (χ4v) is 0.632. The van der Waals surface area contributed by atoms with Crippen molar-refractivity contribution in [2.75, 3.05) is 0 Å². The van der Waals surface area contributed by atoms with Crippen LogP contribution in [0.25, 0.3) is 0 Å². The number of hydrogen-bond acceptors (Lipinski definition) is 1. The van der Waals surface area contributed by atoms with Crippen LogP contribution in [0.15, 0.2) is 0 Å². The van der Waals surface area contributed by atoms with Gasteiger partial charge in [0, 0.05) is 0 Å². The first-order chi connectivity index (χ1) is 2.77. The van der Waals surface area contributed by atoms with Crippen LogP contribution in [0.4, 0.5) is 0 Å². The Morgan fingerprint density at radius 2 is 2.33 bits per heavy atom. The van der Waals surface area contributed by atoms with Crippen LogP contribution in [0.3, 0.4) is 0 Å². The fourth-order valence-electron chi connectivity index (χ4n) is 0.204. The maximum atomic E-state index is 9.99. The standard InChI is InChI=1S/C4H7OSe/c1-2-3-4(5)6/h2-3H2,1H3. The maximum absolute atomic E-state index is 9.99. The third kappa shape index (κ3) is 4.19. The summed E-state index contributed by atoms with van der Waals surface area (Å²) < 4.78 is 0.164. The molecule has 0 fully saturated rings. The van der Waals surface area contributed by atoms with Crippen LogP contribution in [-0.2, 0) is 4.79 Å². The van der Waals surface area contributed by atoms with Gasteiger partial charge in [-0.2, -0.15) is 0 Å². The molecule has 0 bridgehead atoms. The predicted molar refractivity (Wildman–Crippen MR) is 25.7 cm³/mol. The third-order valence-corrected chi connectivity index (χ3v) is 0.882. The van der Waals surface area contributed by atoms with Crippen molar-refractivity contribution in [3.8, 4) is 0 Å². The van der Waals surface area contributed by atoms with Gasteiger partial charge in [-0.3, -0.25) is 0 Å². The fraction of sp³-hybridized carbons (Fsp3) is 0.750. The Balaban J connectivity index is 2.83. The van der Waals surface area contributed by atoms with Crippen LogP contribution in [0.5, 0.6) is 0 Å². The molecule has 0 saturated carbocycles. The Morgan fingerprint density at radius 3 is 2.33 bits per heavy atom. The van der Waals surface area contributed by atoms with E-state index < -0.39 is 0 Å². The Morgan fingerprint density at radius 1 is 1.83 bits per heavy atom. The molecule has 0 aliphatic heterocycles. The zero-order valence-corrected chi connectivity index (χ0v) is 5.44. The first kappa shape index (κ1) is 6.19. The number of hydrogen-bond donors (Lipinski definition) is 0. The van der Waals surface area contributed by atoms with Gasteiger partial charge in [-0.15, -0.1) is 0 Å². The van der Waals surface area contributed by atoms with E-state index in [2.05, 4.69) is 16.0 Å². The zero-order chi connectivity index (χ0) is 4.99. The Labute approximate surface area is 45.9 Å². The van der Waals surface area contributed by atoms with E-state index in [1.54, 1.807) is 0 Å². The molecule has 0 N–H and O–H groups in total. The number of carbonyl (C=O) groups excluding carboxylic acids is 1. The summed E-state index contributed by atoms with van der Waals surface area (Å²) in [6.07, 6.45) is 1.63. The topological polar surface area (TPSA) is 17.1 Å². The normalized spacial score (nSPS) is 8.17. The van der Waals surface area contributed by atoms with Crippen LogP contribution in [0.1, 0.15) is 19.8 Å². The van der Waals surface area contributed by atoms with E-state index in [0.29, 0.717) is 6.42 Å². The van der Waals surface area contributed by atoms with Crippen LogP contribution in [-0.4, -0.2) is 20.7 Å². The second-order valence-corrected chi connectivity index (χ2v) is 2.08. The monoisotopic (exact) mass is 151 g/mol. The summed E-state index contributed by atoms with van der Waals surface area (Å²) in [5, 5.41) is 0. The van der Waals surface area contributed by atoms with E-state index in [1.165, 1.54) is 0 Å². The van der Waals surface area contributed by atoms with Gasteiger partial charge >= 0.3 is 45.3 Å². The molecule has 0 aromatic rings. The Hall–Kier alpha value is 0.189. The van der Waals surface area contributed by atoms with E-state index in [4.69, 9.17) is 0 Å². The molecule has 0 unspecified atom stereocenters. The predicted octanol–water partition coefficient (Wildman–Crippen LogP) is 0.482. The average Bonchev–Trinajstić information content (AvgIpc) is 1.35. The molecular formula is C4H7OSe. The van der Waals surface area contributed by atoms with Gasteiger partial charge in [0.2, 0.25) is 0 Å². The molecular weight excluding hydrogens is 143 g/mol. The van der Waals surface area contributed by atoms with Crippen LogP contribution in [0.2, 0.25) is 0 Å². The molecule has 0 aliphatic rings. The molecule has 1 radical (unpaired) electrons. The van der Waals surface area contributed by atoms with Crippen molar-refractivity contribution in [3.05, 3.63) is 0 Å². The van der Waals surface area contributed by atoms with Gasteiger partial charge < -0.3 is 0 Å². The Bertz CT molecular complexity index is 51.5. The number of rotatable bonds is 2. The SMILES string of the molecule is CCCC(=O)[Se]. The second-order valence-electron chi connectivity index (χ2n) is 1.12. The molecule has 2 heteroatoms. The summed E-state index contributed by atoms with van der Waals surface area (Å²) in [5.41, 5.74) is 0. The molecule has 0 spiro atoms. The third-order valence-electron chi connectivity index (χ3n) is 0.454. The second kappa shape index (κ2) is 3.38. The van der Waals surface area contributed by atoms with Gasteiger partial charge in [-0.1, -0.05) is 0 Å². The van der Waals surface area contributed by atoms with Crippen molar-refractivity contribution in [2.24, 2.45) is 0 Å². The molecule has 0 aromatic carbocycles. The molecule has 0 saturated heterocycles. The molecule has 0 rings (SSSR count). The van der Waals surface area contributed by atoms with Crippen molar-refractivity contribution in [2.45, 2.75) is 19.8 Å². The summed E-state index contributed by atoms with van der Waals surface area (Å²) >= 11 is 2.40. The number of carbonyl (C=O) groups is 1. The van der Waals surface area contributed by atoms with Crippen molar-refractivity contribution in [1.29, 1.82) is 0 Å². The zero-order valence-electron chi connectivity index (χ0n) is 3.73. The summed E-state index contributed by atoms with van der Waals surface area (Å²) in [5.74, 6) is 0. The van der Waals surface area contributed by atoms with Gasteiger partial charge in [0.25, 0.3) is 0 Å².